The maximum atomic E-state index is 13.3. The lowest BCUT2D eigenvalue weighted by Crippen LogP contribution is -2.23. The van der Waals surface area contributed by atoms with Gasteiger partial charge in [0.2, 0.25) is 10.0 Å². The molecular formula is C22H27N3O3S3. The van der Waals surface area contributed by atoms with Gasteiger partial charge >= 0.3 is 0 Å². The first-order valence-corrected chi connectivity index (χ1v) is 13.7. The number of rotatable bonds is 6. The number of sulfonamides is 1. The van der Waals surface area contributed by atoms with Crippen LogP contribution in [0.3, 0.4) is 0 Å². The van der Waals surface area contributed by atoms with Crippen molar-refractivity contribution in [2.75, 3.05) is 14.1 Å². The summed E-state index contributed by atoms with van der Waals surface area (Å²) in [5.41, 5.74) is 2.13. The Morgan fingerprint density at radius 3 is 2.81 bits per heavy atom. The third-order valence-corrected chi connectivity index (χ3v) is 9.75. The molecule has 0 saturated heterocycles. The highest BCUT2D eigenvalue weighted by molar-refractivity contribution is 7.98. The van der Waals surface area contributed by atoms with Gasteiger partial charge in [-0.05, 0) is 55.4 Å². The van der Waals surface area contributed by atoms with Crippen LogP contribution >= 0.6 is 23.1 Å². The minimum Gasteiger partial charge on any atom is -0.287 e. The molecule has 1 aliphatic rings. The number of hydrogen-bond donors (Lipinski definition) is 0. The van der Waals surface area contributed by atoms with E-state index in [1.165, 1.54) is 40.6 Å². The molecular weight excluding hydrogens is 450 g/mol. The second-order valence-electron chi connectivity index (χ2n) is 8.20. The zero-order chi connectivity index (χ0) is 22.3. The van der Waals surface area contributed by atoms with Gasteiger partial charge in [0.05, 0.1) is 10.3 Å². The van der Waals surface area contributed by atoms with Gasteiger partial charge < -0.3 is 0 Å². The van der Waals surface area contributed by atoms with Crippen LogP contribution in [-0.2, 0) is 35.2 Å². The Hall–Kier alpha value is -1.68. The van der Waals surface area contributed by atoms with Gasteiger partial charge in [-0.25, -0.2) is 17.7 Å². The van der Waals surface area contributed by atoms with Crippen molar-refractivity contribution in [1.29, 1.82) is 0 Å². The molecule has 3 aromatic rings. The van der Waals surface area contributed by atoms with Crippen LogP contribution < -0.4 is 5.56 Å². The molecule has 1 atom stereocenters. The Bertz CT molecular complexity index is 1290. The van der Waals surface area contributed by atoms with E-state index in [1.54, 1.807) is 34.1 Å². The van der Waals surface area contributed by atoms with Crippen molar-refractivity contribution in [2.24, 2.45) is 5.92 Å². The monoisotopic (exact) mass is 477 g/mol. The summed E-state index contributed by atoms with van der Waals surface area (Å²) < 4.78 is 27.8. The smallest absolute Gasteiger partial charge is 0.263 e. The van der Waals surface area contributed by atoms with Gasteiger partial charge in [-0.3, -0.25) is 9.36 Å². The van der Waals surface area contributed by atoms with Gasteiger partial charge in [0, 0.05) is 31.3 Å². The van der Waals surface area contributed by atoms with Crippen molar-refractivity contribution in [3.63, 3.8) is 0 Å². The predicted octanol–water partition coefficient (Wildman–Crippen LogP) is 4.15. The van der Waals surface area contributed by atoms with Crippen molar-refractivity contribution in [3.05, 3.63) is 50.6 Å². The van der Waals surface area contributed by atoms with Crippen LogP contribution in [0, 0.1) is 5.92 Å². The predicted molar refractivity (Wildman–Crippen MR) is 128 cm³/mol. The summed E-state index contributed by atoms with van der Waals surface area (Å²) in [7, 11) is -0.432. The van der Waals surface area contributed by atoms with Gasteiger partial charge in [0.25, 0.3) is 5.56 Å². The molecule has 2 heterocycles. The van der Waals surface area contributed by atoms with E-state index in [4.69, 9.17) is 4.98 Å². The number of benzene rings is 1. The summed E-state index contributed by atoms with van der Waals surface area (Å²) in [5, 5.41) is 1.49. The van der Waals surface area contributed by atoms with E-state index in [-0.39, 0.29) is 10.5 Å². The molecule has 0 spiro atoms. The quantitative estimate of drug-likeness (QED) is 0.394. The van der Waals surface area contributed by atoms with E-state index in [0.29, 0.717) is 23.4 Å². The number of aromatic nitrogens is 2. The molecule has 6 nitrogen and oxygen atoms in total. The van der Waals surface area contributed by atoms with Crippen LogP contribution in [0.1, 0.15) is 36.3 Å². The van der Waals surface area contributed by atoms with E-state index in [9.17, 15) is 13.2 Å². The molecule has 4 rings (SSSR count). The summed E-state index contributed by atoms with van der Waals surface area (Å²) in [4.78, 5) is 20.6. The highest BCUT2D eigenvalue weighted by Crippen LogP contribution is 2.36. The number of hydrogen-bond acceptors (Lipinski definition) is 6. The lowest BCUT2D eigenvalue weighted by Gasteiger charge is -2.17. The van der Waals surface area contributed by atoms with E-state index >= 15 is 0 Å². The zero-order valence-corrected chi connectivity index (χ0v) is 20.7. The molecule has 0 radical (unpaired) electrons. The Labute approximate surface area is 191 Å². The molecule has 1 unspecified atom stereocenters. The topological polar surface area (TPSA) is 72.3 Å². The van der Waals surface area contributed by atoms with E-state index in [0.717, 1.165) is 35.0 Å². The van der Waals surface area contributed by atoms with Crippen LogP contribution in [-0.4, -0.2) is 36.4 Å². The normalized spacial score (nSPS) is 16.7. The van der Waals surface area contributed by atoms with Crippen molar-refractivity contribution in [2.45, 2.75) is 55.5 Å². The van der Waals surface area contributed by atoms with Gasteiger partial charge in [0.1, 0.15) is 4.83 Å². The van der Waals surface area contributed by atoms with Crippen molar-refractivity contribution in [3.8, 4) is 0 Å². The second kappa shape index (κ2) is 8.69. The van der Waals surface area contributed by atoms with Crippen LogP contribution in [0.25, 0.3) is 10.2 Å². The van der Waals surface area contributed by atoms with Crippen LogP contribution in [0.4, 0.5) is 0 Å². The van der Waals surface area contributed by atoms with Crippen molar-refractivity contribution in [1.82, 2.24) is 13.9 Å². The number of fused-ring (bicyclic) bond motifs is 3. The Morgan fingerprint density at radius 1 is 1.32 bits per heavy atom. The molecule has 9 heteroatoms. The number of nitrogens with zero attached hydrogens (tertiary/aromatic N) is 3. The molecule has 0 bridgehead atoms. The molecule has 0 N–H and O–H groups in total. The van der Waals surface area contributed by atoms with E-state index < -0.39 is 10.0 Å². The molecule has 31 heavy (non-hydrogen) atoms. The first-order chi connectivity index (χ1) is 14.7. The molecule has 0 amide bonds. The molecule has 0 saturated carbocycles. The minimum atomic E-state index is -3.48. The SMILES string of the molecule is CCn1c(SCc2cccc(S(=O)(=O)N(C)C)c2)nc2sc3c(c2c1=O)CCC(C)C3. The highest BCUT2D eigenvalue weighted by Gasteiger charge is 2.24. The van der Waals surface area contributed by atoms with Gasteiger partial charge in [-0.15, -0.1) is 11.3 Å². The molecule has 2 aromatic heterocycles. The standard InChI is InChI=1S/C22H27N3O3S3/c1-5-25-21(26)19-17-10-9-14(2)11-18(17)30-20(19)23-22(25)29-13-15-7-6-8-16(12-15)31(27,28)24(3)4/h6-8,12,14H,5,9-11,13H2,1-4H3. The van der Waals surface area contributed by atoms with Crippen molar-refractivity contribution < 1.29 is 8.42 Å². The summed E-state index contributed by atoms with van der Waals surface area (Å²) in [6, 6.07) is 6.96. The summed E-state index contributed by atoms with van der Waals surface area (Å²) in [6.45, 7) is 4.78. The number of aryl methyl sites for hydroxylation is 1. The van der Waals surface area contributed by atoms with Crippen LogP contribution in [0.2, 0.25) is 0 Å². The Morgan fingerprint density at radius 2 is 2.10 bits per heavy atom. The lowest BCUT2D eigenvalue weighted by atomic mass is 9.89. The van der Waals surface area contributed by atoms with Crippen LogP contribution in [0.5, 0.6) is 0 Å². The first kappa shape index (κ1) is 22.5. The summed E-state index contributed by atoms with van der Waals surface area (Å²) >= 11 is 3.14. The first-order valence-electron chi connectivity index (χ1n) is 10.4. The fourth-order valence-electron chi connectivity index (χ4n) is 3.95. The van der Waals surface area contributed by atoms with E-state index in [1.807, 2.05) is 13.0 Å². The zero-order valence-electron chi connectivity index (χ0n) is 18.2. The number of thioether (sulfide) groups is 1. The molecule has 1 aliphatic carbocycles. The van der Waals surface area contributed by atoms with Gasteiger partial charge in [0.15, 0.2) is 5.16 Å². The Kier molecular flexibility index (Phi) is 6.31. The summed E-state index contributed by atoms with van der Waals surface area (Å²) in [5.74, 6) is 1.19. The molecule has 0 aliphatic heterocycles. The second-order valence-corrected chi connectivity index (χ2v) is 12.4. The summed E-state index contributed by atoms with van der Waals surface area (Å²) in [6.07, 6.45) is 3.10. The fraction of sp³-hybridized carbons (Fsp3) is 0.455. The van der Waals surface area contributed by atoms with Gasteiger partial charge in [-0.1, -0.05) is 30.8 Å². The maximum Gasteiger partial charge on any atom is 0.263 e. The molecule has 0 fully saturated rings. The average molecular weight is 478 g/mol. The molecule has 166 valence electrons. The highest BCUT2D eigenvalue weighted by atomic mass is 32.2. The van der Waals surface area contributed by atoms with E-state index in [2.05, 4.69) is 6.92 Å². The van der Waals surface area contributed by atoms with Crippen molar-refractivity contribution >= 4 is 43.3 Å². The number of thiophene rings is 1. The lowest BCUT2D eigenvalue weighted by molar-refractivity contribution is 0.509. The van der Waals surface area contributed by atoms with Crippen LogP contribution in [0.15, 0.2) is 39.1 Å². The fourth-order valence-corrected chi connectivity index (χ4v) is 7.35. The molecule has 1 aromatic carbocycles. The third kappa shape index (κ3) is 4.20. The third-order valence-electron chi connectivity index (χ3n) is 5.74. The largest absolute Gasteiger partial charge is 0.287 e. The Balaban J connectivity index is 1.67. The van der Waals surface area contributed by atoms with Gasteiger partial charge in [-0.2, -0.15) is 0 Å². The maximum absolute atomic E-state index is 13.3. The minimum absolute atomic E-state index is 0.0472. The average Bonchev–Trinajstić information content (AvgIpc) is 3.09.